The van der Waals surface area contributed by atoms with E-state index in [0.29, 0.717) is 5.69 Å². The molecule has 0 unspecified atom stereocenters. The number of nitrogens with zero attached hydrogens (tertiary/aromatic N) is 3. The van der Waals surface area contributed by atoms with Gasteiger partial charge in [-0.25, -0.2) is 0 Å². The smallest absolute Gasteiger partial charge is 0.292 e. The first-order valence-corrected chi connectivity index (χ1v) is 7.67. The number of para-hydroxylation sites is 1. The summed E-state index contributed by atoms with van der Waals surface area (Å²) in [6.45, 7) is 3.86. The summed E-state index contributed by atoms with van der Waals surface area (Å²) >= 11 is 0. The van der Waals surface area contributed by atoms with E-state index in [2.05, 4.69) is 22.2 Å². The Morgan fingerprint density at radius 3 is 2.39 bits per heavy atom. The van der Waals surface area contributed by atoms with Crippen molar-refractivity contribution in [3.63, 3.8) is 0 Å². The topological polar surface area (TPSA) is 61.7 Å². The van der Waals surface area contributed by atoms with Gasteiger partial charge in [0, 0.05) is 43.6 Å². The van der Waals surface area contributed by atoms with Crippen LogP contribution in [0.1, 0.15) is 0 Å². The van der Waals surface area contributed by atoms with Gasteiger partial charge in [0.15, 0.2) is 0 Å². The Morgan fingerprint density at radius 1 is 1.04 bits per heavy atom. The zero-order valence-electron chi connectivity index (χ0n) is 13.1. The Bertz CT molecular complexity index is 682. The molecule has 1 heterocycles. The maximum absolute atomic E-state index is 11.3. The lowest BCUT2D eigenvalue weighted by Crippen LogP contribution is -2.44. The summed E-state index contributed by atoms with van der Waals surface area (Å²) in [7, 11) is 2.11. The van der Waals surface area contributed by atoms with Crippen LogP contribution in [0, 0.1) is 10.1 Å². The van der Waals surface area contributed by atoms with E-state index in [0.717, 1.165) is 37.6 Å². The number of benzene rings is 2. The highest BCUT2D eigenvalue weighted by atomic mass is 16.6. The van der Waals surface area contributed by atoms with E-state index in [1.165, 1.54) is 0 Å². The fraction of sp³-hybridized carbons (Fsp3) is 0.294. The summed E-state index contributed by atoms with van der Waals surface area (Å²) in [6, 6.07) is 14.8. The van der Waals surface area contributed by atoms with Crippen molar-refractivity contribution in [2.45, 2.75) is 0 Å². The molecule has 1 aliphatic rings. The fourth-order valence-electron chi connectivity index (χ4n) is 2.72. The van der Waals surface area contributed by atoms with Crippen molar-refractivity contribution in [2.24, 2.45) is 0 Å². The minimum absolute atomic E-state index is 0.0896. The van der Waals surface area contributed by atoms with Gasteiger partial charge in [0.05, 0.1) is 4.92 Å². The van der Waals surface area contributed by atoms with Crippen LogP contribution in [0.15, 0.2) is 48.5 Å². The molecular formula is C17H20N4O2. The molecule has 0 aliphatic carbocycles. The molecule has 2 aromatic carbocycles. The predicted molar refractivity (Wildman–Crippen MR) is 92.5 cm³/mol. The highest BCUT2D eigenvalue weighted by Crippen LogP contribution is 2.32. The maximum Gasteiger partial charge on any atom is 0.292 e. The molecule has 1 aliphatic heterocycles. The number of rotatable bonds is 4. The average Bonchev–Trinajstić information content (AvgIpc) is 2.56. The monoisotopic (exact) mass is 312 g/mol. The van der Waals surface area contributed by atoms with Crippen molar-refractivity contribution in [1.29, 1.82) is 0 Å². The van der Waals surface area contributed by atoms with Gasteiger partial charge in [-0.3, -0.25) is 10.1 Å². The first-order valence-electron chi connectivity index (χ1n) is 7.67. The van der Waals surface area contributed by atoms with E-state index in [-0.39, 0.29) is 10.6 Å². The Hall–Kier alpha value is -2.60. The predicted octanol–water partition coefficient (Wildman–Crippen LogP) is 3.09. The summed E-state index contributed by atoms with van der Waals surface area (Å²) in [6.07, 6.45) is 0. The first kappa shape index (κ1) is 15.3. The molecule has 1 saturated heterocycles. The molecule has 1 N–H and O–H groups in total. The van der Waals surface area contributed by atoms with Gasteiger partial charge < -0.3 is 15.1 Å². The summed E-state index contributed by atoms with van der Waals surface area (Å²) in [5.41, 5.74) is 2.47. The summed E-state index contributed by atoms with van der Waals surface area (Å²) in [5.74, 6) is 0. The van der Waals surface area contributed by atoms with Gasteiger partial charge >= 0.3 is 0 Å². The Balaban J connectivity index is 1.89. The highest BCUT2D eigenvalue weighted by molar-refractivity contribution is 5.74. The summed E-state index contributed by atoms with van der Waals surface area (Å²) < 4.78 is 0. The molecule has 3 rings (SSSR count). The van der Waals surface area contributed by atoms with Crippen LogP contribution in [0.4, 0.5) is 22.7 Å². The molecular weight excluding hydrogens is 292 g/mol. The van der Waals surface area contributed by atoms with Gasteiger partial charge in [-0.2, -0.15) is 0 Å². The Kier molecular flexibility index (Phi) is 4.43. The number of hydrogen-bond acceptors (Lipinski definition) is 5. The SMILES string of the molecule is CN1CCN(c2ccc([N+](=O)[O-])c(Nc3ccccc3)c2)CC1. The number of nitro benzene ring substituents is 1. The van der Waals surface area contributed by atoms with Gasteiger partial charge in [0.1, 0.15) is 5.69 Å². The molecule has 0 amide bonds. The maximum atomic E-state index is 11.3. The lowest BCUT2D eigenvalue weighted by Gasteiger charge is -2.34. The molecule has 0 aromatic heterocycles. The molecule has 2 aromatic rings. The lowest BCUT2D eigenvalue weighted by atomic mass is 10.2. The molecule has 0 radical (unpaired) electrons. The van der Waals surface area contributed by atoms with Crippen molar-refractivity contribution in [3.05, 3.63) is 58.6 Å². The molecule has 0 atom stereocenters. The van der Waals surface area contributed by atoms with E-state index in [9.17, 15) is 10.1 Å². The molecule has 0 bridgehead atoms. The fourth-order valence-corrected chi connectivity index (χ4v) is 2.72. The van der Waals surface area contributed by atoms with Crippen LogP contribution in [-0.2, 0) is 0 Å². The molecule has 6 heteroatoms. The molecule has 23 heavy (non-hydrogen) atoms. The second kappa shape index (κ2) is 6.66. The van der Waals surface area contributed by atoms with Crippen molar-refractivity contribution in [2.75, 3.05) is 43.4 Å². The lowest BCUT2D eigenvalue weighted by molar-refractivity contribution is -0.383. The standard InChI is InChI=1S/C17H20N4O2/c1-19-9-11-20(12-10-19)15-7-8-17(21(22)23)16(13-15)18-14-5-3-2-4-6-14/h2-8,13,18H,9-12H2,1H3. The molecule has 0 saturated carbocycles. The molecule has 120 valence electrons. The van der Waals surface area contributed by atoms with E-state index in [1.54, 1.807) is 6.07 Å². The van der Waals surface area contributed by atoms with E-state index in [4.69, 9.17) is 0 Å². The zero-order valence-corrected chi connectivity index (χ0v) is 13.1. The van der Waals surface area contributed by atoms with Crippen molar-refractivity contribution in [1.82, 2.24) is 4.90 Å². The highest BCUT2D eigenvalue weighted by Gasteiger charge is 2.19. The zero-order chi connectivity index (χ0) is 16.2. The van der Waals surface area contributed by atoms with Crippen LogP contribution in [0.3, 0.4) is 0 Å². The van der Waals surface area contributed by atoms with Crippen LogP contribution in [-0.4, -0.2) is 43.0 Å². The van der Waals surface area contributed by atoms with Gasteiger partial charge in [-0.15, -0.1) is 0 Å². The number of nitrogens with one attached hydrogen (secondary N) is 1. The van der Waals surface area contributed by atoms with E-state index >= 15 is 0 Å². The van der Waals surface area contributed by atoms with Crippen LogP contribution in [0.2, 0.25) is 0 Å². The van der Waals surface area contributed by atoms with Gasteiger partial charge in [-0.1, -0.05) is 18.2 Å². The normalized spacial score (nSPS) is 15.4. The quantitative estimate of drug-likeness (QED) is 0.694. The first-order chi connectivity index (χ1) is 11.1. The third kappa shape index (κ3) is 3.60. The number of hydrogen-bond donors (Lipinski definition) is 1. The Morgan fingerprint density at radius 2 is 1.74 bits per heavy atom. The van der Waals surface area contributed by atoms with E-state index < -0.39 is 0 Å². The third-order valence-electron chi connectivity index (χ3n) is 4.10. The summed E-state index contributed by atoms with van der Waals surface area (Å²) in [5, 5.41) is 14.5. The van der Waals surface area contributed by atoms with Crippen molar-refractivity contribution < 1.29 is 4.92 Å². The largest absolute Gasteiger partial charge is 0.369 e. The second-order valence-corrected chi connectivity index (χ2v) is 5.74. The number of likely N-dealkylation sites (N-methyl/N-ethyl adjacent to an activating group) is 1. The van der Waals surface area contributed by atoms with Gasteiger partial charge in [-0.05, 0) is 31.3 Å². The molecule has 1 fully saturated rings. The van der Waals surface area contributed by atoms with Crippen LogP contribution in [0.25, 0.3) is 0 Å². The number of piperazine rings is 1. The van der Waals surface area contributed by atoms with Crippen molar-refractivity contribution >= 4 is 22.7 Å². The Labute approximate surface area is 135 Å². The number of anilines is 3. The minimum atomic E-state index is -0.348. The van der Waals surface area contributed by atoms with Crippen LogP contribution in [0.5, 0.6) is 0 Å². The number of nitro groups is 1. The van der Waals surface area contributed by atoms with Crippen LogP contribution >= 0.6 is 0 Å². The average molecular weight is 312 g/mol. The van der Waals surface area contributed by atoms with Gasteiger partial charge in [0.25, 0.3) is 5.69 Å². The van der Waals surface area contributed by atoms with Gasteiger partial charge in [0.2, 0.25) is 0 Å². The molecule has 6 nitrogen and oxygen atoms in total. The van der Waals surface area contributed by atoms with E-state index in [1.807, 2.05) is 42.5 Å². The second-order valence-electron chi connectivity index (χ2n) is 5.74. The van der Waals surface area contributed by atoms with Crippen molar-refractivity contribution in [3.8, 4) is 0 Å². The summed E-state index contributed by atoms with van der Waals surface area (Å²) in [4.78, 5) is 15.5. The minimum Gasteiger partial charge on any atom is -0.369 e. The molecule has 0 spiro atoms. The van der Waals surface area contributed by atoms with Crippen LogP contribution < -0.4 is 10.2 Å². The third-order valence-corrected chi connectivity index (χ3v) is 4.10.